The summed E-state index contributed by atoms with van der Waals surface area (Å²) in [6, 6.07) is 24.0. The third-order valence-corrected chi connectivity index (χ3v) is 9.48. The van der Waals surface area contributed by atoms with Gasteiger partial charge in [0.1, 0.15) is 16.5 Å². The number of hydrogen-bond donors (Lipinski definition) is 1. The Balaban J connectivity index is 1.45. The van der Waals surface area contributed by atoms with Crippen LogP contribution < -0.4 is 9.46 Å². The van der Waals surface area contributed by atoms with Crippen LogP contribution in [0.5, 0.6) is 5.75 Å². The average molecular weight is 632 g/mol. The topological polar surface area (TPSA) is 99.5 Å². The number of ether oxygens (including phenoxy) is 1. The molecule has 0 saturated heterocycles. The molecule has 230 valence electrons. The third kappa shape index (κ3) is 7.20. The molecule has 0 aliphatic rings. The summed E-state index contributed by atoms with van der Waals surface area (Å²) in [5.41, 5.74) is 6.87. The van der Waals surface area contributed by atoms with E-state index in [1.165, 1.54) is 11.3 Å². The van der Waals surface area contributed by atoms with Gasteiger partial charge in [0, 0.05) is 29.8 Å². The molecule has 5 rings (SSSR count). The second-order valence-electron chi connectivity index (χ2n) is 10.7. The van der Waals surface area contributed by atoms with Gasteiger partial charge < -0.3 is 9.30 Å². The van der Waals surface area contributed by atoms with E-state index in [4.69, 9.17) is 13.9 Å². The number of thiophene rings is 1. The fourth-order valence-electron chi connectivity index (χ4n) is 5.15. The van der Waals surface area contributed by atoms with E-state index in [2.05, 4.69) is 41.3 Å². The number of carbonyl (C=O) groups excluding carboxylic acids is 1. The molecule has 0 atom stereocenters. The minimum atomic E-state index is -4.24. The summed E-state index contributed by atoms with van der Waals surface area (Å²) in [6.07, 6.45) is 2.73. The van der Waals surface area contributed by atoms with Crippen molar-refractivity contribution in [3.8, 4) is 16.9 Å². The van der Waals surface area contributed by atoms with Crippen LogP contribution in [-0.2, 0) is 33.9 Å². The number of rotatable bonds is 13. The summed E-state index contributed by atoms with van der Waals surface area (Å²) in [7, 11) is -2.62. The van der Waals surface area contributed by atoms with Crippen LogP contribution >= 0.6 is 11.3 Å². The number of hydrogen-bond acceptors (Lipinski definition) is 7. The van der Waals surface area contributed by atoms with Crippen LogP contribution in [-0.4, -0.2) is 37.6 Å². The highest BCUT2D eigenvalue weighted by molar-refractivity contribution is 7.85. The van der Waals surface area contributed by atoms with Crippen molar-refractivity contribution < 1.29 is 22.1 Å². The Bertz CT molecular complexity index is 1870. The zero-order chi connectivity index (χ0) is 31.3. The van der Waals surface area contributed by atoms with Crippen molar-refractivity contribution in [2.45, 2.75) is 53.0 Å². The standard InChI is InChI=1S/C34H37N3O5S2/c1-5-7-18-42-44(39,40)36-34(38)33-29(21-28(43-33)20-25-11-9-12-27(19-25)41-4)26-16-14-24(15-17-26)22-37-30-13-8-10-23(3)32(30)35-31(37)6-2/h8-17,19,21H,5-7,18,20,22H2,1-4H3,(H,36,38). The molecule has 0 aliphatic heterocycles. The maximum atomic E-state index is 13.4. The van der Waals surface area contributed by atoms with Crippen LogP contribution in [0.3, 0.4) is 0 Å². The lowest BCUT2D eigenvalue weighted by Gasteiger charge is -2.10. The molecule has 8 nitrogen and oxygen atoms in total. The lowest BCUT2D eigenvalue weighted by Crippen LogP contribution is -2.32. The summed E-state index contributed by atoms with van der Waals surface area (Å²) in [5, 5.41) is 0. The molecule has 0 radical (unpaired) electrons. The summed E-state index contributed by atoms with van der Waals surface area (Å²) >= 11 is 1.27. The zero-order valence-corrected chi connectivity index (χ0v) is 27.1. The number of para-hydroxylation sites is 1. The molecule has 0 unspecified atom stereocenters. The van der Waals surface area contributed by atoms with Gasteiger partial charge >= 0.3 is 10.3 Å². The van der Waals surface area contributed by atoms with Gasteiger partial charge in [-0.05, 0) is 59.9 Å². The maximum absolute atomic E-state index is 13.4. The molecule has 44 heavy (non-hydrogen) atoms. The predicted octanol–water partition coefficient (Wildman–Crippen LogP) is 7.07. The van der Waals surface area contributed by atoms with Crippen LogP contribution in [0.4, 0.5) is 0 Å². The Morgan fingerprint density at radius 1 is 1.00 bits per heavy atom. The maximum Gasteiger partial charge on any atom is 0.362 e. The van der Waals surface area contributed by atoms with Crippen LogP contribution in [0.1, 0.15) is 63.8 Å². The van der Waals surface area contributed by atoms with Gasteiger partial charge in [0.2, 0.25) is 0 Å². The van der Waals surface area contributed by atoms with Crippen LogP contribution in [0, 0.1) is 6.92 Å². The van der Waals surface area contributed by atoms with E-state index in [0.29, 0.717) is 29.8 Å². The second kappa shape index (κ2) is 13.8. The van der Waals surface area contributed by atoms with E-state index in [9.17, 15) is 13.2 Å². The summed E-state index contributed by atoms with van der Waals surface area (Å²) in [5.74, 6) is 1.06. The lowest BCUT2D eigenvalue weighted by atomic mass is 10.0. The molecule has 10 heteroatoms. The highest BCUT2D eigenvalue weighted by atomic mass is 32.2. The Morgan fingerprint density at radius 2 is 1.77 bits per heavy atom. The van der Waals surface area contributed by atoms with E-state index in [0.717, 1.165) is 62.6 Å². The van der Waals surface area contributed by atoms with Crippen molar-refractivity contribution >= 4 is 38.6 Å². The minimum absolute atomic E-state index is 0.0183. The molecule has 1 N–H and O–H groups in total. The number of unbranched alkanes of at least 4 members (excludes halogenated alkanes) is 1. The molecule has 0 bridgehead atoms. The van der Waals surface area contributed by atoms with Crippen LogP contribution in [0.2, 0.25) is 0 Å². The molecular formula is C34H37N3O5S2. The van der Waals surface area contributed by atoms with E-state index >= 15 is 0 Å². The van der Waals surface area contributed by atoms with Gasteiger partial charge in [0.25, 0.3) is 5.91 Å². The summed E-state index contributed by atoms with van der Waals surface area (Å²) < 4.78 is 39.7. The SMILES string of the molecule is CCCCOS(=O)(=O)NC(=O)c1sc(Cc2cccc(OC)c2)cc1-c1ccc(Cn2c(CC)nc3c(C)cccc32)cc1. The first kappa shape index (κ1) is 31.4. The Kier molecular flexibility index (Phi) is 9.83. The van der Waals surface area contributed by atoms with Gasteiger partial charge in [-0.1, -0.05) is 68.8 Å². The highest BCUT2D eigenvalue weighted by Crippen LogP contribution is 2.34. The quantitative estimate of drug-likeness (QED) is 0.140. The molecule has 0 saturated carbocycles. The Morgan fingerprint density at radius 3 is 2.50 bits per heavy atom. The van der Waals surface area contributed by atoms with Gasteiger partial charge in [-0.25, -0.2) is 9.71 Å². The van der Waals surface area contributed by atoms with Gasteiger partial charge in [-0.2, -0.15) is 8.42 Å². The van der Waals surface area contributed by atoms with Crippen molar-refractivity contribution in [1.82, 2.24) is 14.3 Å². The van der Waals surface area contributed by atoms with Crippen molar-refractivity contribution in [2.24, 2.45) is 0 Å². The fraction of sp³-hybridized carbons (Fsp3) is 0.294. The number of imidazole rings is 1. The first-order valence-corrected chi connectivity index (χ1v) is 16.9. The summed E-state index contributed by atoms with van der Waals surface area (Å²) in [4.78, 5) is 19.5. The van der Waals surface area contributed by atoms with E-state index < -0.39 is 16.2 Å². The van der Waals surface area contributed by atoms with Gasteiger partial charge in [-0.3, -0.25) is 8.98 Å². The predicted molar refractivity (Wildman–Crippen MR) is 176 cm³/mol. The van der Waals surface area contributed by atoms with Crippen molar-refractivity contribution in [1.29, 1.82) is 0 Å². The number of nitrogens with one attached hydrogen (secondary N) is 1. The number of aryl methyl sites for hydroxylation is 2. The minimum Gasteiger partial charge on any atom is -0.497 e. The smallest absolute Gasteiger partial charge is 0.362 e. The van der Waals surface area contributed by atoms with Crippen molar-refractivity contribution in [3.05, 3.63) is 105 Å². The number of carbonyl (C=O) groups is 1. The molecule has 2 aromatic heterocycles. The molecule has 0 fully saturated rings. The number of nitrogens with zero attached hydrogens (tertiary/aromatic N) is 2. The molecule has 0 aliphatic carbocycles. The van der Waals surface area contributed by atoms with Crippen LogP contribution in [0.15, 0.2) is 72.8 Å². The number of fused-ring (bicyclic) bond motifs is 1. The molecular weight excluding hydrogens is 595 g/mol. The summed E-state index contributed by atoms with van der Waals surface area (Å²) in [6.45, 7) is 6.80. The largest absolute Gasteiger partial charge is 0.497 e. The van der Waals surface area contributed by atoms with E-state index in [1.54, 1.807) is 7.11 Å². The number of benzene rings is 3. The van der Waals surface area contributed by atoms with E-state index in [1.807, 2.05) is 61.5 Å². The lowest BCUT2D eigenvalue weighted by molar-refractivity contribution is 0.0980. The Labute approximate surface area is 262 Å². The van der Waals surface area contributed by atoms with Crippen molar-refractivity contribution in [2.75, 3.05) is 13.7 Å². The highest BCUT2D eigenvalue weighted by Gasteiger charge is 2.23. The normalized spacial score (nSPS) is 11.6. The molecule has 3 aromatic carbocycles. The number of methoxy groups -OCH3 is 1. The number of amides is 1. The average Bonchev–Trinajstić information content (AvgIpc) is 3.60. The molecule has 0 spiro atoms. The molecule has 5 aromatic rings. The number of aromatic nitrogens is 2. The van der Waals surface area contributed by atoms with Crippen LogP contribution in [0.25, 0.3) is 22.2 Å². The second-order valence-corrected chi connectivity index (χ2v) is 13.1. The fourth-order valence-corrected chi connectivity index (χ4v) is 7.05. The van der Waals surface area contributed by atoms with Gasteiger partial charge in [0.05, 0.1) is 24.8 Å². The molecule has 2 heterocycles. The monoisotopic (exact) mass is 631 g/mol. The first-order chi connectivity index (χ1) is 21.2. The third-order valence-electron chi connectivity index (χ3n) is 7.44. The first-order valence-electron chi connectivity index (χ1n) is 14.7. The van der Waals surface area contributed by atoms with Gasteiger partial charge in [0.15, 0.2) is 0 Å². The van der Waals surface area contributed by atoms with Gasteiger partial charge in [-0.15, -0.1) is 11.3 Å². The molecule has 1 amide bonds. The Hall–Kier alpha value is -3.99. The van der Waals surface area contributed by atoms with Crippen molar-refractivity contribution in [3.63, 3.8) is 0 Å². The van der Waals surface area contributed by atoms with E-state index in [-0.39, 0.29) is 6.61 Å². The zero-order valence-electron chi connectivity index (χ0n) is 25.4.